The molecule has 0 aliphatic carbocycles. The number of anilines is 2. The van der Waals surface area contributed by atoms with Gasteiger partial charge in [-0.15, -0.1) is 0 Å². The predicted molar refractivity (Wildman–Crippen MR) is 53.1 cm³/mol. The van der Waals surface area contributed by atoms with Gasteiger partial charge in [0.2, 0.25) is 0 Å². The Balaban J connectivity index is 2.68. The normalized spacial score (nSPS) is 9.29. The van der Waals surface area contributed by atoms with Crippen LogP contribution < -0.4 is 10.8 Å². The average molecular weight is 196 g/mol. The van der Waals surface area contributed by atoms with E-state index >= 15 is 0 Å². The second-order valence-corrected chi connectivity index (χ2v) is 2.50. The van der Waals surface area contributed by atoms with Gasteiger partial charge in [0.05, 0.1) is 19.9 Å². The maximum atomic E-state index is 10.9. The molecule has 1 amide bonds. The van der Waals surface area contributed by atoms with Crippen LogP contribution in [0.1, 0.15) is 0 Å². The summed E-state index contributed by atoms with van der Waals surface area (Å²) in [4.78, 5) is 15.6. The average Bonchev–Trinajstić information content (AvgIpc) is 2.19. The second kappa shape index (κ2) is 5.08. The SMILES string of the molecule is CONc1cccc(NC(=O)OC)c1. The van der Waals surface area contributed by atoms with E-state index in [1.807, 2.05) is 6.07 Å². The Kier molecular flexibility index (Phi) is 3.75. The molecule has 0 bridgehead atoms. The van der Waals surface area contributed by atoms with E-state index in [9.17, 15) is 4.79 Å². The number of carbonyl (C=O) groups is 1. The molecule has 0 saturated carbocycles. The van der Waals surface area contributed by atoms with Crippen molar-refractivity contribution >= 4 is 17.5 Å². The first-order valence-corrected chi connectivity index (χ1v) is 4.00. The maximum Gasteiger partial charge on any atom is 0.411 e. The zero-order valence-corrected chi connectivity index (χ0v) is 8.03. The molecule has 0 unspecified atom stereocenters. The van der Waals surface area contributed by atoms with Crippen molar-refractivity contribution in [2.45, 2.75) is 0 Å². The molecule has 1 rings (SSSR count). The minimum absolute atomic E-state index is 0.500. The fourth-order valence-electron chi connectivity index (χ4n) is 0.947. The van der Waals surface area contributed by atoms with Crippen molar-refractivity contribution in [1.82, 2.24) is 0 Å². The van der Waals surface area contributed by atoms with Gasteiger partial charge in [0.1, 0.15) is 0 Å². The van der Waals surface area contributed by atoms with E-state index in [0.29, 0.717) is 5.69 Å². The molecule has 0 aromatic heterocycles. The lowest BCUT2D eigenvalue weighted by molar-refractivity contribution is 0.187. The molecule has 0 heterocycles. The largest absolute Gasteiger partial charge is 0.453 e. The van der Waals surface area contributed by atoms with Crippen LogP contribution >= 0.6 is 0 Å². The topological polar surface area (TPSA) is 59.6 Å². The molecule has 1 aromatic rings. The van der Waals surface area contributed by atoms with Gasteiger partial charge in [0, 0.05) is 5.69 Å². The Morgan fingerprint density at radius 1 is 1.29 bits per heavy atom. The monoisotopic (exact) mass is 196 g/mol. The van der Waals surface area contributed by atoms with Crippen LogP contribution in [0, 0.1) is 0 Å². The fourth-order valence-corrected chi connectivity index (χ4v) is 0.947. The molecule has 0 radical (unpaired) electrons. The van der Waals surface area contributed by atoms with E-state index < -0.39 is 6.09 Å². The molecular formula is C9H12N2O3. The van der Waals surface area contributed by atoms with Crippen molar-refractivity contribution in [2.24, 2.45) is 0 Å². The minimum atomic E-state index is -0.500. The van der Waals surface area contributed by atoms with E-state index in [1.54, 1.807) is 18.2 Å². The maximum absolute atomic E-state index is 10.9. The number of carbonyl (C=O) groups excluding carboxylic acids is 1. The number of nitrogens with one attached hydrogen (secondary N) is 2. The molecule has 0 aliphatic heterocycles. The highest BCUT2D eigenvalue weighted by Gasteiger charge is 2.00. The van der Waals surface area contributed by atoms with Crippen LogP contribution in [0.4, 0.5) is 16.2 Å². The van der Waals surface area contributed by atoms with Gasteiger partial charge < -0.3 is 4.74 Å². The van der Waals surface area contributed by atoms with Gasteiger partial charge in [-0.3, -0.25) is 15.6 Å². The molecule has 2 N–H and O–H groups in total. The van der Waals surface area contributed by atoms with E-state index in [1.165, 1.54) is 14.2 Å². The van der Waals surface area contributed by atoms with Crippen LogP contribution in [-0.2, 0) is 9.57 Å². The van der Waals surface area contributed by atoms with Crippen molar-refractivity contribution in [3.63, 3.8) is 0 Å². The third-order valence-electron chi connectivity index (χ3n) is 1.51. The van der Waals surface area contributed by atoms with Gasteiger partial charge in [-0.25, -0.2) is 4.79 Å². The highest BCUT2D eigenvalue weighted by molar-refractivity contribution is 5.85. The number of rotatable bonds is 3. The summed E-state index contributed by atoms with van der Waals surface area (Å²) < 4.78 is 4.45. The fraction of sp³-hybridized carbons (Fsp3) is 0.222. The Labute approximate surface area is 82.0 Å². The first-order chi connectivity index (χ1) is 6.76. The van der Waals surface area contributed by atoms with Gasteiger partial charge in [-0.2, -0.15) is 0 Å². The standard InChI is InChI=1S/C9H12N2O3/c1-13-9(12)10-7-4-3-5-8(6-7)11-14-2/h3-6,11H,1-2H3,(H,10,12). The zero-order valence-electron chi connectivity index (χ0n) is 8.03. The number of amides is 1. The predicted octanol–water partition coefficient (Wildman–Crippen LogP) is 1.84. The third-order valence-corrected chi connectivity index (χ3v) is 1.51. The second-order valence-electron chi connectivity index (χ2n) is 2.50. The lowest BCUT2D eigenvalue weighted by Gasteiger charge is -2.06. The lowest BCUT2D eigenvalue weighted by Crippen LogP contribution is -2.11. The minimum Gasteiger partial charge on any atom is -0.453 e. The summed E-state index contributed by atoms with van der Waals surface area (Å²) in [6, 6.07) is 7.07. The van der Waals surface area contributed by atoms with Gasteiger partial charge in [0.25, 0.3) is 0 Å². The Hall–Kier alpha value is -1.75. The Morgan fingerprint density at radius 2 is 2.00 bits per heavy atom. The van der Waals surface area contributed by atoms with E-state index in [4.69, 9.17) is 4.84 Å². The molecule has 0 atom stereocenters. The van der Waals surface area contributed by atoms with Crippen LogP contribution in [0.15, 0.2) is 24.3 Å². The zero-order chi connectivity index (χ0) is 10.4. The van der Waals surface area contributed by atoms with E-state index in [2.05, 4.69) is 15.5 Å². The van der Waals surface area contributed by atoms with Crippen molar-refractivity contribution in [1.29, 1.82) is 0 Å². The summed E-state index contributed by atoms with van der Waals surface area (Å²) in [5.74, 6) is 0. The summed E-state index contributed by atoms with van der Waals surface area (Å²) in [5.41, 5.74) is 4.04. The van der Waals surface area contributed by atoms with Crippen LogP contribution in [0.5, 0.6) is 0 Å². The summed E-state index contributed by atoms with van der Waals surface area (Å²) in [6.07, 6.45) is -0.500. The summed E-state index contributed by atoms with van der Waals surface area (Å²) in [6.45, 7) is 0. The quantitative estimate of drug-likeness (QED) is 0.724. The van der Waals surface area contributed by atoms with Crippen molar-refractivity contribution in [2.75, 3.05) is 25.0 Å². The number of ether oxygens (including phenoxy) is 1. The van der Waals surface area contributed by atoms with Gasteiger partial charge >= 0.3 is 6.09 Å². The third kappa shape index (κ3) is 2.95. The van der Waals surface area contributed by atoms with Crippen molar-refractivity contribution < 1.29 is 14.4 Å². The van der Waals surface area contributed by atoms with E-state index in [-0.39, 0.29) is 0 Å². The van der Waals surface area contributed by atoms with Gasteiger partial charge in [-0.1, -0.05) is 6.07 Å². The molecule has 0 aliphatic rings. The molecule has 5 nitrogen and oxygen atoms in total. The van der Waals surface area contributed by atoms with Crippen molar-refractivity contribution in [3.05, 3.63) is 24.3 Å². The Morgan fingerprint density at radius 3 is 2.64 bits per heavy atom. The molecule has 0 saturated heterocycles. The summed E-state index contributed by atoms with van der Waals surface area (Å²) in [7, 11) is 2.83. The van der Waals surface area contributed by atoms with Gasteiger partial charge in [0.15, 0.2) is 0 Å². The molecule has 14 heavy (non-hydrogen) atoms. The highest BCUT2D eigenvalue weighted by atomic mass is 16.6. The molecule has 0 fully saturated rings. The Bertz CT molecular complexity index is 315. The molecule has 0 spiro atoms. The van der Waals surface area contributed by atoms with Crippen LogP contribution in [0.3, 0.4) is 0 Å². The smallest absolute Gasteiger partial charge is 0.411 e. The number of hydrogen-bond acceptors (Lipinski definition) is 4. The van der Waals surface area contributed by atoms with E-state index in [0.717, 1.165) is 5.69 Å². The van der Waals surface area contributed by atoms with Crippen LogP contribution in [-0.4, -0.2) is 20.3 Å². The molecule has 1 aromatic carbocycles. The summed E-state index contributed by atoms with van der Waals surface area (Å²) in [5, 5.41) is 2.53. The molecule has 76 valence electrons. The lowest BCUT2D eigenvalue weighted by atomic mass is 10.3. The first-order valence-electron chi connectivity index (χ1n) is 4.00. The number of hydrogen-bond donors (Lipinski definition) is 2. The van der Waals surface area contributed by atoms with Crippen molar-refractivity contribution in [3.8, 4) is 0 Å². The van der Waals surface area contributed by atoms with Gasteiger partial charge in [-0.05, 0) is 18.2 Å². The molecule has 5 heteroatoms. The van der Waals surface area contributed by atoms with Crippen LogP contribution in [0.25, 0.3) is 0 Å². The molecular weight excluding hydrogens is 184 g/mol. The highest BCUT2D eigenvalue weighted by Crippen LogP contribution is 2.14. The number of benzene rings is 1. The summed E-state index contributed by atoms with van der Waals surface area (Å²) >= 11 is 0. The first kappa shape index (κ1) is 10.3. The number of methoxy groups -OCH3 is 1. The van der Waals surface area contributed by atoms with Crippen LogP contribution in [0.2, 0.25) is 0 Å².